The summed E-state index contributed by atoms with van der Waals surface area (Å²) in [5, 5.41) is 3.18. The van der Waals surface area contributed by atoms with E-state index in [0.29, 0.717) is 5.56 Å². The highest BCUT2D eigenvalue weighted by molar-refractivity contribution is 5.94. The van der Waals surface area contributed by atoms with Gasteiger partial charge in [0.1, 0.15) is 5.82 Å². The number of hydrogen-bond donors (Lipinski definition) is 3. The molecule has 2 aromatic rings. The van der Waals surface area contributed by atoms with E-state index < -0.39 is 0 Å². The minimum Gasteiger partial charge on any atom is -0.378 e. The van der Waals surface area contributed by atoms with Crippen LogP contribution in [0.15, 0.2) is 48.5 Å². The Kier molecular flexibility index (Phi) is 6.32. The van der Waals surface area contributed by atoms with Crippen LogP contribution in [0.3, 0.4) is 0 Å². The summed E-state index contributed by atoms with van der Waals surface area (Å²) in [7, 11) is 3.97. The number of benzene rings is 2. The molecule has 160 valence electrons. The lowest BCUT2D eigenvalue weighted by Crippen LogP contribution is -2.51. The maximum atomic E-state index is 13.2. The zero-order valence-electron chi connectivity index (χ0n) is 17.6. The number of likely N-dealkylation sites (tertiary alicyclic amines) is 1. The molecule has 0 spiro atoms. The van der Waals surface area contributed by atoms with Crippen molar-refractivity contribution in [3.05, 3.63) is 65.5 Å². The molecule has 7 heteroatoms. The van der Waals surface area contributed by atoms with E-state index in [2.05, 4.69) is 21.1 Å². The minimum absolute atomic E-state index is 0.00390. The fourth-order valence-corrected chi connectivity index (χ4v) is 4.23. The summed E-state index contributed by atoms with van der Waals surface area (Å²) in [6.45, 7) is 1.86. The van der Waals surface area contributed by atoms with Crippen LogP contribution in [0.4, 0.5) is 10.1 Å². The molecule has 2 unspecified atom stereocenters. The highest BCUT2D eigenvalue weighted by atomic mass is 19.1. The maximum absolute atomic E-state index is 13.2. The van der Waals surface area contributed by atoms with Gasteiger partial charge in [0.25, 0.3) is 5.91 Å². The molecule has 3 N–H and O–H groups in total. The van der Waals surface area contributed by atoms with E-state index in [-0.39, 0.29) is 30.0 Å². The second-order valence-electron chi connectivity index (χ2n) is 8.37. The van der Waals surface area contributed by atoms with Crippen LogP contribution >= 0.6 is 0 Å². The number of nitrogens with zero attached hydrogens (tertiary/aromatic N) is 2. The molecule has 2 saturated heterocycles. The van der Waals surface area contributed by atoms with Crippen molar-refractivity contribution in [2.24, 2.45) is 0 Å². The average Bonchev–Trinajstić information content (AvgIpc) is 3.25. The fourth-order valence-electron chi connectivity index (χ4n) is 4.23. The Morgan fingerprint density at radius 2 is 1.70 bits per heavy atom. The second kappa shape index (κ2) is 9.12. The van der Waals surface area contributed by atoms with Gasteiger partial charge in [-0.15, -0.1) is 0 Å². The first-order chi connectivity index (χ1) is 14.5. The molecule has 4 rings (SSSR count). The second-order valence-corrected chi connectivity index (χ2v) is 8.37. The molecule has 6 nitrogen and oxygen atoms in total. The number of rotatable bonds is 5. The van der Waals surface area contributed by atoms with Crippen molar-refractivity contribution in [2.45, 2.75) is 37.5 Å². The third-order valence-electron chi connectivity index (χ3n) is 6.11. The van der Waals surface area contributed by atoms with Crippen molar-refractivity contribution in [2.75, 3.05) is 32.1 Å². The van der Waals surface area contributed by atoms with Gasteiger partial charge in [-0.2, -0.15) is 0 Å². The molecule has 0 radical (unpaired) electrons. The topological polar surface area (TPSA) is 59.6 Å². The summed E-state index contributed by atoms with van der Waals surface area (Å²) in [6.07, 6.45) is 3.04. The number of nitrogens with one attached hydrogen (secondary N) is 3. The molecule has 1 amide bonds. The van der Waals surface area contributed by atoms with Gasteiger partial charge in [0.2, 0.25) is 0 Å². The van der Waals surface area contributed by atoms with Gasteiger partial charge in [0.15, 0.2) is 0 Å². The van der Waals surface area contributed by atoms with Gasteiger partial charge >= 0.3 is 0 Å². The van der Waals surface area contributed by atoms with Crippen molar-refractivity contribution < 1.29 is 9.18 Å². The predicted molar refractivity (Wildman–Crippen MR) is 117 cm³/mol. The highest BCUT2D eigenvalue weighted by Gasteiger charge is 2.32. The Hall–Kier alpha value is -2.48. The summed E-state index contributed by atoms with van der Waals surface area (Å²) < 4.78 is 13.2. The van der Waals surface area contributed by atoms with Crippen molar-refractivity contribution >= 4 is 11.6 Å². The van der Waals surface area contributed by atoms with Gasteiger partial charge in [0, 0.05) is 50.5 Å². The fraction of sp³-hybridized carbons (Fsp3) is 0.435. The molecule has 2 aliphatic rings. The Morgan fingerprint density at radius 3 is 2.33 bits per heavy atom. The molecule has 2 fully saturated rings. The largest absolute Gasteiger partial charge is 0.378 e. The lowest BCUT2D eigenvalue weighted by atomic mass is 10.0. The van der Waals surface area contributed by atoms with E-state index in [9.17, 15) is 9.18 Å². The zero-order valence-corrected chi connectivity index (χ0v) is 17.6. The summed E-state index contributed by atoms with van der Waals surface area (Å²) in [6, 6.07) is 14.8. The highest BCUT2D eigenvalue weighted by Crippen LogP contribution is 2.26. The van der Waals surface area contributed by atoms with Gasteiger partial charge in [-0.25, -0.2) is 15.2 Å². The Morgan fingerprint density at radius 1 is 1.03 bits per heavy atom. The Bertz CT molecular complexity index is 847. The molecule has 0 bridgehead atoms. The first kappa shape index (κ1) is 20.8. The van der Waals surface area contributed by atoms with E-state index in [1.807, 2.05) is 55.4 Å². The number of hydrazine groups is 1. The molecule has 0 aliphatic carbocycles. The monoisotopic (exact) mass is 411 g/mol. The summed E-state index contributed by atoms with van der Waals surface area (Å²) in [5.74, 6) is -0.213. The molecule has 2 heterocycles. The third kappa shape index (κ3) is 4.80. The van der Waals surface area contributed by atoms with Crippen LogP contribution in [0, 0.1) is 5.82 Å². The van der Waals surface area contributed by atoms with Crippen LogP contribution in [-0.4, -0.2) is 50.2 Å². The molecule has 30 heavy (non-hydrogen) atoms. The number of amides is 1. The number of carbonyl (C=O) groups is 1. The quantitative estimate of drug-likeness (QED) is 0.706. The van der Waals surface area contributed by atoms with Crippen LogP contribution in [0.2, 0.25) is 0 Å². The van der Waals surface area contributed by atoms with Crippen LogP contribution in [0.25, 0.3) is 0 Å². The first-order valence-corrected chi connectivity index (χ1v) is 10.6. The molecular weight excluding hydrogens is 381 g/mol. The van der Waals surface area contributed by atoms with E-state index in [1.165, 1.54) is 12.1 Å². The lowest BCUT2D eigenvalue weighted by molar-refractivity contribution is 0.0880. The van der Waals surface area contributed by atoms with Crippen molar-refractivity contribution in [1.82, 2.24) is 21.1 Å². The molecule has 0 aromatic heterocycles. The number of hydrogen-bond acceptors (Lipinski definition) is 5. The van der Waals surface area contributed by atoms with Crippen LogP contribution in [-0.2, 0) is 0 Å². The average molecular weight is 412 g/mol. The molecule has 2 atom stereocenters. The SMILES string of the molecule is CN(C)c1ccc(C(=O)NC2CCN(C3CC(c4ccc(F)cc4)NN3)CC2)cc1. The summed E-state index contributed by atoms with van der Waals surface area (Å²) in [5.41, 5.74) is 9.58. The van der Waals surface area contributed by atoms with Crippen molar-refractivity contribution in [3.63, 3.8) is 0 Å². The van der Waals surface area contributed by atoms with Gasteiger partial charge in [-0.3, -0.25) is 9.69 Å². The maximum Gasteiger partial charge on any atom is 0.251 e. The van der Waals surface area contributed by atoms with Crippen LogP contribution < -0.4 is 21.1 Å². The normalized spacial score (nSPS) is 22.8. The van der Waals surface area contributed by atoms with Gasteiger partial charge in [-0.05, 0) is 61.2 Å². The predicted octanol–water partition coefficient (Wildman–Crippen LogP) is 2.65. The van der Waals surface area contributed by atoms with Gasteiger partial charge < -0.3 is 10.2 Å². The number of carbonyl (C=O) groups excluding carboxylic acids is 1. The number of piperidine rings is 1. The van der Waals surface area contributed by atoms with E-state index in [4.69, 9.17) is 0 Å². The van der Waals surface area contributed by atoms with Crippen LogP contribution in [0.5, 0.6) is 0 Å². The standard InChI is InChI=1S/C23H30FN5O/c1-28(2)20-9-5-17(6-10-20)23(30)25-19-11-13-29(14-12-19)22-15-21(26-27-22)16-3-7-18(24)8-4-16/h3-10,19,21-22,26-27H,11-15H2,1-2H3,(H,25,30). The molecule has 2 aliphatic heterocycles. The molecular formula is C23H30FN5O. The first-order valence-electron chi connectivity index (χ1n) is 10.6. The van der Waals surface area contributed by atoms with Crippen molar-refractivity contribution in [1.29, 1.82) is 0 Å². The third-order valence-corrected chi connectivity index (χ3v) is 6.11. The summed E-state index contributed by atoms with van der Waals surface area (Å²) >= 11 is 0. The number of halogens is 1. The minimum atomic E-state index is -0.209. The van der Waals surface area contributed by atoms with Gasteiger partial charge in [0.05, 0.1) is 6.17 Å². The Labute approximate surface area is 177 Å². The van der Waals surface area contributed by atoms with E-state index >= 15 is 0 Å². The van der Waals surface area contributed by atoms with E-state index in [1.54, 1.807) is 0 Å². The number of anilines is 1. The summed E-state index contributed by atoms with van der Waals surface area (Å²) in [4.78, 5) is 17.0. The van der Waals surface area contributed by atoms with Crippen LogP contribution in [0.1, 0.15) is 41.2 Å². The van der Waals surface area contributed by atoms with Crippen molar-refractivity contribution in [3.8, 4) is 0 Å². The molecule has 0 saturated carbocycles. The zero-order chi connectivity index (χ0) is 21.1. The smallest absolute Gasteiger partial charge is 0.251 e. The molecule has 2 aromatic carbocycles. The lowest BCUT2D eigenvalue weighted by Gasteiger charge is -2.35. The van der Waals surface area contributed by atoms with Gasteiger partial charge in [-0.1, -0.05) is 12.1 Å². The Balaban J connectivity index is 1.25. The van der Waals surface area contributed by atoms with E-state index in [0.717, 1.165) is 43.6 Å².